The number of aromatic nitrogens is 4. The minimum atomic E-state index is -0.953. The second kappa shape index (κ2) is 9.13. The highest BCUT2D eigenvalue weighted by Crippen LogP contribution is 2.32. The summed E-state index contributed by atoms with van der Waals surface area (Å²) < 4.78 is 0. The average molecular weight is 469 g/mol. The highest BCUT2D eigenvalue weighted by Gasteiger charge is 2.21. The molecule has 2 saturated heterocycles. The molecule has 8 heteroatoms. The zero-order chi connectivity index (χ0) is 23.8. The molecule has 178 valence electrons. The molecule has 4 heterocycles. The minimum absolute atomic E-state index is 0.237. The van der Waals surface area contributed by atoms with E-state index < -0.39 is 5.97 Å². The summed E-state index contributed by atoms with van der Waals surface area (Å²) in [5.74, 6) is 0.918. The van der Waals surface area contributed by atoms with Crippen LogP contribution in [0.3, 0.4) is 0 Å². The highest BCUT2D eigenvalue weighted by atomic mass is 16.4. The molecule has 2 aliphatic rings. The number of H-pyrrole nitrogens is 2. The number of nitrogens with zero attached hydrogens (tertiary/aromatic N) is 2. The van der Waals surface area contributed by atoms with Crippen molar-refractivity contribution in [2.75, 3.05) is 13.1 Å². The normalized spacial score (nSPS) is 19.9. The second-order valence-electron chi connectivity index (χ2n) is 9.30. The molecule has 0 bridgehead atoms. The molecule has 35 heavy (non-hydrogen) atoms. The molecule has 5 N–H and O–H groups in total. The Morgan fingerprint density at radius 1 is 0.771 bits per heavy atom. The van der Waals surface area contributed by atoms with Crippen LogP contribution in [0, 0.1) is 0 Å². The number of carboxylic acids is 1. The van der Waals surface area contributed by atoms with Crippen molar-refractivity contribution < 1.29 is 9.90 Å². The van der Waals surface area contributed by atoms with Gasteiger partial charge in [0.1, 0.15) is 11.6 Å². The summed E-state index contributed by atoms with van der Waals surface area (Å²) in [5.41, 5.74) is 5.42. The van der Waals surface area contributed by atoms with Gasteiger partial charge in [-0.2, -0.15) is 0 Å². The van der Waals surface area contributed by atoms with Crippen molar-refractivity contribution in [3.05, 3.63) is 72.1 Å². The Balaban J connectivity index is 1.26. The molecule has 2 aromatic carbocycles. The van der Waals surface area contributed by atoms with Gasteiger partial charge in [0.25, 0.3) is 0 Å². The van der Waals surface area contributed by atoms with Crippen LogP contribution in [0.15, 0.2) is 54.9 Å². The summed E-state index contributed by atoms with van der Waals surface area (Å²) in [6, 6.07) is 14.0. The van der Waals surface area contributed by atoms with Gasteiger partial charge in [-0.15, -0.1) is 0 Å². The molecule has 0 amide bonds. The van der Waals surface area contributed by atoms with Crippen LogP contribution in [0.2, 0.25) is 0 Å². The quantitative estimate of drug-likeness (QED) is 0.280. The van der Waals surface area contributed by atoms with Crippen molar-refractivity contribution in [3.8, 4) is 33.6 Å². The summed E-state index contributed by atoms with van der Waals surface area (Å²) >= 11 is 0. The number of rotatable bonds is 6. The first-order valence-electron chi connectivity index (χ1n) is 12.2. The summed E-state index contributed by atoms with van der Waals surface area (Å²) in [6.45, 7) is 2.02. The number of imidazole rings is 2. The molecule has 0 spiro atoms. The van der Waals surface area contributed by atoms with E-state index >= 15 is 0 Å². The summed E-state index contributed by atoms with van der Waals surface area (Å²) in [5, 5.41) is 16.9. The monoisotopic (exact) mass is 468 g/mol. The Morgan fingerprint density at radius 2 is 1.31 bits per heavy atom. The second-order valence-corrected chi connectivity index (χ2v) is 9.30. The van der Waals surface area contributed by atoms with Crippen LogP contribution < -0.4 is 10.6 Å². The number of carbonyl (C=O) groups is 1. The first kappa shape index (κ1) is 21.8. The lowest BCUT2D eigenvalue weighted by atomic mass is 9.95. The summed E-state index contributed by atoms with van der Waals surface area (Å²) in [6.07, 6.45) is 8.10. The van der Waals surface area contributed by atoms with Gasteiger partial charge in [0.2, 0.25) is 0 Å². The molecular formula is C27H28N6O2. The fourth-order valence-corrected chi connectivity index (χ4v) is 5.13. The largest absolute Gasteiger partial charge is 0.478 e. The summed E-state index contributed by atoms with van der Waals surface area (Å²) in [4.78, 5) is 28.0. The maximum atomic E-state index is 12.2. The SMILES string of the molecule is O=C(O)c1cc(-c2cnc([C@@H]3CCCN3)[nH]2)ccc1-c1ccc(-c2cnc([C@@H]3CCCN3)[nH]2)cc1. The molecule has 2 fully saturated rings. The van der Waals surface area contributed by atoms with Crippen molar-refractivity contribution in [2.45, 2.75) is 37.8 Å². The maximum absolute atomic E-state index is 12.2. The van der Waals surface area contributed by atoms with Gasteiger partial charge in [-0.05, 0) is 61.5 Å². The summed E-state index contributed by atoms with van der Waals surface area (Å²) in [7, 11) is 0. The van der Waals surface area contributed by atoms with Gasteiger partial charge in [-0.3, -0.25) is 0 Å². The van der Waals surface area contributed by atoms with E-state index in [-0.39, 0.29) is 11.6 Å². The van der Waals surface area contributed by atoms with Crippen molar-refractivity contribution in [1.82, 2.24) is 30.6 Å². The van der Waals surface area contributed by atoms with Crippen LogP contribution in [-0.4, -0.2) is 44.1 Å². The van der Waals surface area contributed by atoms with Gasteiger partial charge >= 0.3 is 5.97 Å². The smallest absolute Gasteiger partial charge is 0.336 e. The van der Waals surface area contributed by atoms with Gasteiger partial charge in [-0.1, -0.05) is 36.4 Å². The van der Waals surface area contributed by atoms with E-state index in [0.29, 0.717) is 11.6 Å². The van der Waals surface area contributed by atoms with Gasteiger partial charge in [0, 0.05) is 5.56 Å². The molecule has 2 aromatic heterocycles. The van der Waals surface area contributed by atoms with Crippen LogP contribution >= 0.6 is 0 Å². The van der Waals surface area contributed by atoms with Gasteiger partial charge in [-0.25, -0.2) is 14.8 Å². The van der Waals surface area contributed by atoms with E-state index in [9.17, 15) is 9.90 Å². The highest BCUT2D eigenvalue weighted by molar-refractivity contribution is 5.97. The number of hydrogen-bond acceptors (Lipinski definition) is 5. The van der Waals surface area contributed by atoms with E-state index in [1.807, 2.05) is 42.6 Å². The number of aromatic carboxylic acids is 1. The van der Waals surface area contributed by atoms with E-state index in [4.69, 9.17) is 0 Å². The van der Waals surface area contributed by atoms with Crippen molar-refractivity contribution >= 4 is 5.97 Å². The first-order chi connectivity index (χ1) is 17.2. The molecule has 2 aliphatic heterocycles. The standard InChI is InChI=1S/C27H28N6O2/c34-27(35)20-13-18(24-15-31-26(33-24)22-4-2-12-29-22)9-10-19(20)16-5-7-17(8-6-16)23-14-30-25(32-23)21-3-1-11-28-21/h5-10,13-15,21-22,28-29H,1-4,11-12H2,(H,30,32)(H,31,33)(H,34,35)/t21-,22-/m0/s1. The van der Waals surface area contributed by atoms with Gasteiger partial charge in [0.15, 0.2) is 0 Å². The fourth-order valence-electron chi connectivity index (χ4n) is 5.13. The molecule has 0 saturated carbocycles. The Morgan fingerprint density at radius 3 is 1.86 bits per heavy atom. The van der Waals surface area contributed by atoms with Crippen molar-refractivity contribution in [1.29, 1.82) is 0 Å². The molecule has 6 rings (SSSR count). The lowest BCUT2D eigenvalue weighted by molar-refractivity contribution is 0.0697. The lowest BCUT2D eigenvalue weighted by Crippen LogP contribution is -2.14. The van der Waals surface area contributed by atoms with Crippen molar-refractivity contribution in [3.63, 3.8) is 0 Å². The van der Waals surface area contributed by atoms with Gasteiger partial charge in [0.05, 0.1) is 41.4 Å². The minimum Gasteiger partial charge on any atom is -0.478 e. The molecule has 4 aromatic rings. The third kappa shape index (κ3) is 4.26. The Bertz CT molecular complexity index is 1340. The van der Waals surface area contributed by atoms with Crippen LogP contribution in [0.4, 0.5) is 0 Å². The molecule has 2 atom stereocenters. The molecule has 0 aliphatic carbocycles. The van der Waals surface area contributed by atoms with Gasteiger partial charge < -0.3 is 25.7 Å². The van der Waals surface area contributed by atoms with Crippen LogP contribution in [0.1, 0.15) is 59.8 Å². The number of hydrogen-bond donors (Lipinski definition) is 5. The predicted octanol–water partition coefficient (Wildman–Crippen LogP) is 4.68. The third-order valence-corrected chi connectivity index (χ3v) is 7.04. The topological polar surface area (TPSA) is 119 Å². The fraction of sp³-hybridized carbons (Fsp3) is 0.296. The first-order valence-corrected chi connectivity index (χ1v) is 12.2. The Kier molecular flexibility index (Phi) is 5.67. The van der Waals surface area contributed by atoms with Crippen LogP contribution in [0.5, 0.6) is 0 Å². The third-order valence-electron chi connectivity index (χ3n) is 7.04. The Labute approximate surface area is 203 Å². The number of carboxylic acid groups (broad SMARTS) is 1. The molecule has 0 unspecified atom stereocenters. The molecular weight excluding hydrogens is 440 g/mol. The zero-order valence-corrected chi connectivity index (χ0v) is 19.3. The van der Waals surface area contributed by atoms with Crippen molar-refractivity contribution in [2.24, 2.45) is 0 Å². The maximum Gasteiger partial charge on any atom is 0.336 e. The van der Waals surface area contributed by atoms with E-state index in [1.54, 1.807) is 12.3 Å². The van der Waals surface area contributed by atoms with Crippen LogP contribution in [-0.2, 0) is 0 Å². The number of benzene rings is 2. The van der Waals surface area contributed by atoms with E-state index in [2.05, 4.69) is 30.6 Å². The number of nitrogens with one attached hydrogen (secondary N) is 4. The van der Waals surface area contributed by atoms with Crippen LogP contribution in [0.25, 0.3) is 33.6 Å². The average Bonchev–Trinajstić information content (AvgIpc) is 3.70. The number of aromatic amines is 2. The van der Waals surface area contributed by atoms with E-state index in [0.717, 1.165) is 72.1 Å². The molecule has 8 nitrogen and oxygen atoms in total. The molecule has 0 radical (unpaired) electrons. The Hall–Kier alpha value is -3.75. The lowest BCUT2D eigenvalue weighted by Gasteiger charge is -2.10. The zero-order valence-electron chi connectivity index (χ0n) is 19.3. The predicted molar refractivity (Wildman–Crippen MR) is 134 cm³/mol. The van der Waals surface area contributed by atoms with E-state index in [1.165, 1.54) is 6.42 Å².